The average molecular weight is 381 g/mol. The maximum Gasteiger partial charge on any atom is 0.276 e. The van der Waals surface area contributed by atoms with Crippen molar-refractivity contribution in [3.8, 4) is 0 Å². The van der Waals surface area contributed by atoms with Crippen LogP contribution in [0, 0.1) is 10.1 Å². The van der Waals surface area contributed by atoms with Crippen LogP contribution in [0.1, 0.15) is 10.4 Å². The van der Waals surface area contributed by atoms with E-state index in [1.165, 1.54) is 18.2 Å². The number of rotatable bonds is 5. The molecule has 2 aromatic rings. The fourth-order valence-electron chi connectivity index (χ4n) is 1.83. The molecule has 0 atom stereocenters. The lowest BCUT2D eigenvalue weighted by Gasteiger charge is -2.13. The van der Waals surface area contributed by atoms with Crippen LogP contribution in [0.25, 0.3) is 6.08 Å². The molecule has 0 spiro atoms. The molecule has 1 amide bonds. The van der Waals surface area contributed by atoms with Crippen molar-refractivity contribution in [3.05, 3.63) is 66.8 Å². The van der Waals surface area contributed by atoms with Crippen molar-refractivity contribution in [2.24, 2.45) is 0 Å². The molecule has 0 aliphatic rings. The molecule has 22 heavy (non-hydrogen) atoms. The molecule has 1 aromatic carbocycles. The summed E-state index contributed by atoms with van der Waals surface area (Å²) in [6.07, 6.45) is 2.83. The summed E-state index contributed by atoms with van der Waals surface area (Å²) in [7, 11) is 1.69. The number of amides is 1. The molecule has 7 heteroatoms. The maximum absolute atomic E-state index is 12.1. The highest BCUT2D eigenvalue weighted by Crippen LogP contribution is 2.23. The number of hydrogen-bond donors (Lipinski definition) is 0. The Morgan fingerprint density at radius 3 is 2.73 bits per heavy atom. The van der Waals surface area contributed by atoms with Crippen molar-refractivity contribution in [1.29, 1.82) is 0 Å². The third-order valence-corrected chi connectivity index (χ3v) is 4.55. The zero-order valence-corrected chi connectivity index (χ0v) is 14.1. The minimum atomic E-state index is -0.461. The predicted molar refractivity (Wildman–Crippen MR) is 90.6 cm³/mol. The quantitative estimate of drug-likeness (QED) is 0.445. The standard InChI is InChI=1S/C15H13BrN2O3S/c1-17(10-12-7-8-14(16)22-12)15(19)9-6-11-4-2-3-5-13(11)18(20)21/h2-9H,10H2,1H3. The topological polar surface area (TPSA) is 63.5 Å². The van der Waals surface area contributed by atoms with E-state index < -0.39 is 4.92 Å². The maximum atomic E-state index is 12.1. The Hall–Kier alpha value is -1.99. The summed E-state index contributed by atoms with van der Waals surface area (Å²) in [5.74, 6) is -0.206. The Morgan fingerprint density at radius 1 is 1.36 bits per heavy atom. The van der Waals surface area contributed by atoms with E-state index in [2.05, 4.69) is 15.9 Å². The van der Waals surface area contributed by atoms with Gasteiger partial charge in [0.2, 0.25) is 5.91 Å². The first-order valence-corrected chi connectivity index (χ1v) is 7.99. The fourth-order valence-corrected chi connectivity index (χ4v) is 3.37. The molecule has 0 saturated heterocycles. The highest BCUT2D eigenvalue weighted by Gasteiger charge is 2.11. The lowest BCUT2D eigenvalue weighted by molar-refractivity contribution is -0.385. The van der Waals surface area contributed by atoms with E-state index in [9.17, 15) is 14.9 Å². The van der Waals surface area contributed by atoms with E-state index >= 15 is 0 Å². The number of benzene rings is 1. The molecule has 0 aliphatic carbocycles. The summed E-state index contributed by atoms with van der Waals surface area (Å²) in [6.45, 7) is 0.496. The van der Waals surface area contributed by atoms with E-state index in [1.807, 2.05) is 12.1 Å². The van der Waals surface area contributed by atoms with Crippen LogP contribution in [-0.2, 0) is 11.3 Å². The van der Waals surface area contributed by atoms with Gasteiger partial charge in [0.1, 0.15) is 0 Å². The van der Waals surface area contributed by atoms with Crippen LogP contribution in [0.3, 0.4) is 0 Å². The molecule has 0 radical (unpaired) electrons. The van der Waals surface area contributed by atoms with Crippen molar-refractivity contribution in [3.63, 3.8) is 0 Å². The number of para-hydroxylation sites is 1. The molecule has 0 unspecified atom stereocenters. The highest BCUT2D eigenvalue weighted by atomic mass is 79.9. The van der Waals surface area contributed by atoms with Gasteiger partial charge in [0.25, 0.3) is 5.69 Å². The zero-order chi connectivity index (χ0) is 16.1. The molecule has 0 aliphatic heterocycles. The zero-order valence-electron chi connectivity index (χ0n) is 11.7. The van der Waals surface area contributed by atoms with Crippen LogP contribution in [-0.4, -0.2) is 22.8 Å². The summed E-state index contributed by atoms with van der Waals surface area (Å²) in [5, 5.41) is 10.9. The Labute approximate surface area is 140 Å². The number of nitro benzene ring substituents is 1. The number of carbonyl (C=O) groups excluding carboxylic acids is 1. The molecule has 0 N–H and O–H groups in total. The number of nitro groups is 1. The lowest BCUT2D eigenvalue weighted by atomic mass is 10.1. The van der Waals surface area contributed by atoms with E-state index in [1.54, 1.807) is 41.5 Å². The Kier molecular flexibility index (Phi) is 5.46. The van der Waals surface area contributed by atoms with E-state index in [0.717, 1.165) is 8.66 Å². The van der Waals surface area contributed by atoms with Crippen molar-refractivity contribution < 1.29 is 9.72 Å². The molecule has 1 heterocycles. The van der Waals surface area contributed by atoms with Gasteiger partial charge in [-0.1, -0.05) is 12.1 Å². The fraction of sp³-hybridized carbons (Fsp3) is 0.133. The SMILES string of the molecule is CN(Cc1ccc(Br)s1)C(=O)C=Cc1ccccc1[N+](=O)[O-]. The average Bonchev–Trinajstić information content (AvgIpc) is 2.90. The molecule has 0 fully saturated rings. The van der Waals surface area contributed by atoms with Gasteiger partial charge >= 0.3 is 0 Å². The summed E-state index contributed by atoms with van der Waals surface area (Å²) >= 11 is 4.94. The van der Waals surface area contributed by atoms with Gasteiger partial charge < -0.3 is 4.90 Å². The number of carbonyl (C=O) groups is 1. The van der Waals surface area contributed by atoms with Crippen LogP contribution in [0.4, 0.5) is 5.69 Å². The molecule has 0 bridgehead atoms. The summed E-state index contributed by atoms with van der Waals surface area (Å²) in [5.41, 5.74) is 0.393. The van der Waals surface area contributed by atoms with Crippen LogP contribution >= 0.6 is 27.3 Å². The molecule has 0 saturated carbocycles. The first-order chi connectivity index (χ1) is 10.5. The molecular weight excluding hydrogens is 368 g/mol. The van der Waals surface area contributed by atoms with Gasteiger partial charge in [0.15, 0.2) is 0 Å². The van der Waals surface area contributed by atoms with E-state index in [4.69, 9.17) is 0 Å². The number of halogens is 1. The number of nitrogens with zero attached hydrogens (tertiary/aromatic N) is 2. The van der Waals surface area contributed by atoms with Crippen molar-refractivity contribution >= 4 is 44.9 Å². The van der Waals surface area contributed by atoms with Gasteiger partial charge in [-0.25, -0.2) is 0 Å². The Morgan fingerprint density at radius 2 is 2.09 bits per heavy atom. The van der Waals surface area contributed by atoms with Crippen molar-refractivity contribution in [2.45, 2.75) is 6.54 Å². The third kappa shape index (κ3) is 4.25. The second-order valence-electron chi connectivity index (χ2n) is 4.55. The largest absolute Gasteiger partial charge is 0.337 e. The predicted octanol–water partition coefficient (Wildman–Crippen LogP) is 4.09. The number of hydrogen-bond acceptors (Lipinski definition) is 4. The smallest absolute Gasteiger partial charge is 0.276 e. The van der Waals surface area contributed by atoms with Crippen LogP contribution in [0.5, 0.6) is 0 Å². The van der Waals surface area contributed by atoms with Gasteiger partial charge in [-0.15, -0.1) is 11.3 Å². The summed E-state index contributed by atoms with van der Waals surface area (Å²) in [6, 6.07) is 10.2. The van der Waals surface area contributed by atoms with Gasteiger partial charge in [-0.05, 0) is 40.2 Å². The van der Waals surface area contributed by atoms with Gasteiger partial charge in [-0.3, -0.25) is 14.9 Å². The van der Waals surface area contributed by atoms with Crippen molar-refractivity contribution in [1.82, 2.24) is 4.90 Å². The van der Waals surface area contributed by atoms with Gasteiger partial charge in [0.05, 0.1) is 20.8 Å². The van der Waals surface area contributed by atoms with Gasteiger partial charge in [-0.2, -0.15) is 0 Å². The second kappa shape index (κ2) is 7.33. The minimum Gasteiger partial charge on any atom is -0.337 e. The van der Waals surface area contributed by atoms with Crippen LogP contribution < -0.4 is 0 Å². The van der Waals surface area contributed by atoms with E-state index in [0.29, 0.717) is 12.1 Å². The Bertz CT molecular complexity index is 727. The number of thiophene rings is 1. The number of likely N-dealkylation sites (N-methyl/N-ethyl adjacent to an activating group) is 1. The minimum absolute atomic E-state index is 0.0172. The molecule has 114 valence electrons. The van der Waals surface area contributed by atoms with Crippen LogP contribution in [0.15, 0.2) is 46.3 Å². The molecule has 2 rings (SSSR count). The van der Waals surface area contributed by atoms with Crippen LogP contribution in [0.2, 0.25) is 0 Å². The molecule has 5 nitrogen and oxygen atoms in total. The first kappa shape index (κ1) is 16.4. The van der Waals surface area contributed by atoms with E-state index in [-0.39, 0.29) is 11.6 Å². The lowest BCUT2D eigenvalue weighted by Crippen LogP contribution is -2.23. The molecule has 1 aromatic heterocycles. The first-order valence-electron chi connectivity index (χ1n) is 6.38. The normalized spacial score (nSPS) is 10.8. The Balaban J connectivity index is 2.06. The second-order valence-corrected chi connectivity index (χ2v) is 7.10. The van der Waals surface area contributed by atoms with Crippen molar-refractivity contribution in [2.75, 3.05) is 7.05 Å². The van der Waals surface area contributed by atoms with Gasteiger partial charge in [0, 0.05) is 24.1 Å². The monoisotopic (exact) mass is 380 g/mol. The third-order valence-electron chi connectivity index (χ3n) is 2.94. The molecular formula is C15H13BrN2O3S. The summed E-state index contributed by atoms with van der Waals surface area (Å²) < 4.78 is 1.01. The summed E-state index contributed by atoms with van der Waals surface area (Å²) in [4.78, 5) is 25.1. The highest BCUT2D eigenvalue weighted by molar-refractivity contribution is 9.11.